The van der Waals surface area contributed by atoms with Crippen LogP contribution in [-0.2, 0) is 0 Å². The Morgan fingerprint density at radius 2 is 2.00 bits per heavy atom. The van der Waals surface area contributed by atoms with E-state index in [4.69, 9.17) is 10.5 Å². The van der Waals surface area contributed by atoms with Crippen molar-refractivity contribution in [2.24, 2.45) is 0 Å². The van der Waals surface area contributed by atoms with Gasteiger partial charge in [-0.1, -0.05) is 0 Å². The van der Waals surface area contributed by atoms with Gasteiger partial charge in [-0.25, -0.2) is 9.97 Å². The second-order valence-electron chi connectivity index (χ2n) is 5.78. The van der Waals surface area contributed by atoms with Crippen LogP contribution in [0, 0.1) is 17.0 Å². The van der Waals surface area contributed by atoms with Crippen LogP contribution < -0.4 is 15.8 Å². The lowest BCUT2D eigenvalue weighted by molar-refractivity contribution is -0.384. The molecule has 3 aromatic rings. The molecule has 27 heavy (non-hydrogen) atoms. The van der Waals surface area contributed by atoms with Gasteiger partial charge < -0.3 is 15.8 Å². The van der Waals surface area contributed by atoms with Crippen molar-refractivity contribution in [2.75, 3.05) is 18.2 Å². The number of aromatic nitrogens is 3. The number of rotatable bonds is 6. The van der Waals surface area contributed by atoms with E-state index in [1.165, 1.54) is 0 Å². The average Bonchev–Trinajstić information content (AvgIpc) is 3.03. The highest BCUT2D eigenvalue weighted by Gasteiger charge is 2.19. The first-order valence-corrected chi connectivity index (χ1v) is 8.86. The summed E-state index contributed by atoms with van der Waals surface area (Å²) in [7, 11) is 1.63. The van der Waals surface area contributed by atoms with E-state index in [1.807, 2.05) is 38.1 Å². The number of aryl methyl sites for hydroxylation is 1. The van der Waals surface area contributed by atoms with Gasteiger partial charge in [-0.05, 0) is 38.1 Å². The summed E-state index contributed by atoms with van der Waals surface area (Å²) < 4.78 is 5.18. The van der Waals surface area contributed by atoms with Crippen LogP contribution in [0.5, 0.6) is 5.75 Å². The Labute approximate surface area is 159 Å². The quantitative estimate of drug-likeness (QED) is 0.486. The maximum absolute atomic E-state index is 10.8. The van der Waals surface area contributed by atoms with Crippen LogP contribution >= 0.6 is 11.3 Å². The van der Waals surface area contributed by atoms with Crippen LogP contribution in [0.25, 0.3) is 10.6 Å². The molecule has 0 radical (unpaired) electrons. The van der Waals surface area contributed by atoms with Crippen molar-refractivity contribution < 1.29 is 9.66 Å². The molecule has 9 nitrogen and oxygen atoms in total. The lowest BCUT2D eigenvalue weighted by Crippen LogP contribution is -2.11. The van der Waals surface area contributed by atoms with E-state index in [0.717, 1.165) is 33.1 Å². The zero-order valence-electron chi connectivity index (χ0n) is 15.0. The summed E-state index contributed by atoms with van der Waals surface area (Å²) in [6.07, 6.45) is 1.10. The maximum Gasteiger partial charge on any atom is 0.329 e. The summed E-state index contributed by atoms with van der Waals surface area (Å²) in [6.45, 7) is 3.88. The number of nitrogens with one attached hydrogen (secondary N) is 1. The highest BCUT2D eigenvalue weighted by atomic mass is 32.1. The number of benzene rings is 1. The summed E-state index contributed by atoms with van der Waals surface area (Å²) in [4.78, 5) is 23.8. The van der Waals surface area contributed by atoms with E-state index in [-0.39, 0.29) is 23.5 Å². The number of nitrogens with two attached hydrogens (primary N) is 1. The molecule has 0 aliphatic carbocycles. The Balaban J connectivity index is 1.81. The van der Waals surface area contributed by atoms with E-state index in [0.29, 0.717) is 0 Å². The number of nitrogen functional groups attached to an aromatic ring is 1. The Kier molecular flexibility index (Phi) is 5.17. The lowest BCUT2D eigenvalue weighted by atomic mass is 10.2. The van der Waals surface area contributed by atoms with Gasteiger partial charge in [0.05, 0.1) is 28.6 Å². The van der Waals surface area contributed by atoms with Crippen molar-refractivity contribution >= 4 is 28.8 Å². The van der Waals surface area contributed by atoms with Crippen LogP contribution in [0.15, 0.2) is 30.5 Å². The number of ether oxygens (including phenoxy) is 1. The van der Waals surface area contributed by atoms with Crippen LogP contribution in [0.2, 0.25) is 0 Å². The molecule has 0 saturated carbocycles. The molecular weight excluding hydrogens is 368 g/mol. The smallest absolute Gasteiger partial charge is 0.329 e. The van der Waals surface area contributed by atoms with Crippen molar-refractivity contribution in [3.05, 3.63) is 51.1 Å². The van der Waals surface area contributed by atoms with Gasteiger partial charge in [-0.15, -0.1) is 11.3 Å². The fourth-order valence-corrected chi connectivity index (χ4v) is 3.60. The molecule has 140 valence electrons. The Morgan fingerprint density at radius 1 is 1.30 bits per heavy atom. The van der Waals surface area contributed by atoms with E-state index in [1.54, 1.807) is 18.4 Å². The van der Waals surface area contributed by atoms with Gasteiger partial charge in [0.25, 0.3) is 0 Å². The molecule has 10 heteroatoms. The van der Waals surface area contributed by atoms with E-state index < -0.39 is 4.92 Å². The summed E-state index contributed by atoms with van der Waals surface area (Å²) in [5.41, 5.74) is 7.19. The highest BCUT2D eigenvalue weighted by molar-refractivity contribution is 7.15. The third kappa shape index (κ3) is 3.95. The van der Waals surface area contributed by atoms with Gasteiger partial charge in [-0.3, -0.25) is 10.1 Å². The van der Waals surface area contributed by atoms with Gasteiger partial charge in [-0.2, -0.15) is 4.98 Å². The number of thiazole rings is 1. The number of anilines is 2. The molecule has 3 N–H and O–H groups in total. The fraction of sp³-hybridized carbons (Fsp3) is 0.235. The first-order chi connectivity index (χ1) is 12.9. The van der Waals surface area contributed by atoms with Crippen molar-refractivity contribution in [1.29, 1.82) is 0 Å². The number of nitrogens with zero attached hydrogens (tertiary/aromatic N) is 4. The third-order valence-corrected chi connectivity index (χ3v) is 5.29. The summed E-state index contributed by atoms with van der Waals surface area (Å²) in [6, 6.07) is 7.55. The van der Waals surface area contributed by atoms with Crippen molar-refractivity contribution in [3.63, 3.8) is 0 Å². The molecule has 2 heterocycles. The maximum atomic E-state index is 10.8. The first kappa shape index (κ1) is 18.5. The zero-order chi connectivity index (χ0) is 19.6. The van der Waals surface area contributed by atoms with Gasteiger partial charge in [0.1, 0.15) is 17.0 Å². The summed E-state index contributed by atoms with van der Waals surface area (Å²) in [5, 5.41) is 14.8. The van der Waals surface area contributed by atoms with Crippen LogP contribution in [-0.4, -0.2) is 27.0 Å². The minimum Gasteiger partial charge on any atom is -0.497 e. The van der Waals surface area contributed by atoms with Crippen LogP contribution in [0.3, 0.4) is 0 Å². The van der Waals surface area contributed by atoms with Crippen molar-refractivity contribution in [3.8, 4) is 16.3 Å². The molecule has 2 aromatic heterocycles. The molecule has 1 atom stereocenters. The Hall–Kier alpha value is -3.27. The number of hydrogen-bond donors (Lipinski definition) is 2. The number of hydrogen-bond acceptors (Lipinski definition) is 9. The zero-order valence-corrected chi connectivity index (χ0v) is 15.8. The predicted molar refractivity (Wildman–Crippen MR) is 104 cm³/mol. The van der Waals surface area contributed by atoms with Crippen LogP contribution in [0.4, 0.5) is 17.5 Å². The van der Waals surface area contributed by atoms with E-state index in [2.05, 4.69) is 20.3 Å². The molecule has 0 bridgehead atoms. The van der Waals surface area contributed by atoms with Crippen LogP contribution in [0.1, 0.15) is 23.5 Å². The largest absolute Gasteiger partial charge is 0.497 e. The number of methoxy groups -OCH3 is 1. The minimum absolute atomic E-state index is 0.143. The molecule has 1 aromatic carbocycles. The summed E-state index contributed by atoms with van der Waals surface area (Å²) in [5.74, 6) is 0.837. The SMILES string of the molecule is COc1ccc(-c2nc(C)c(C(C)Nc3ncc([N+](=O)[O-])c(N)n3)s2)cc1. The first-order valence-electron chi connectivity index (χ1n) is 8.04. The Morgan fingerprint density at radius 3 is 2.59 bits per heavy atom. The minimum atomic E-state index is -0.614. The standard InChI is InChI=1S/C17H18N6O3S/c1-9-14(27-16(20-9)11-4-6-12(26-3)7-5-11)10(2)21-17-19-8-13(23(24)25)15(18)22-17/h4-8,10H,1-3H3,(H3,18,19,21,22). The second kappa shape index (κ2) is 7.54. The van der Waals surface area contributed by atoms with Gasteiger partial charge in [0, 0.05) is 5.56 Å². The highest BCUT2D eigenvalue weighted by Crippen LogP contribution is 2.33. The van der Waals surface area contributed by atoms with E-state index in [9.17, 15) is 10.1 Å². The molecule has 0 aliphatic rings. The molecule has 0 spiro atoms. The van der Waals surface area contributed by atoms with Gasteiger partial charge >= 0.3 is 5.69 Å². The third-order valence-electron chi connectivity index (χ3n) is 3.90. The van der Waals surface area contributed by atoms with Crippen molar-refractivity contribution in [2.45, 2.75) is 19.9 Å². The molecule has 3 rings (SSSR count). The molecular formula is C17H18N6O3S. The monoisotopic (exact) mass is 386 g/mol. The Bertz CT molecular complexity index is 973. The molecule has 0 fully saturated rings. The molecule has 0 saturated heterocycles. The fourth-order valence-electron chi connectivity index (χ4n) is 2.53. The van der Waals surface area contributed by atoms with Gasteiger partial charge in [0.2, 0.25) is 11.8 Å². The molecule has 0 aliphatic heterocycles. The van der Waals surface area contributed by atoms with Crippen molar-refractivity contribution in [1.82, 2.24) is 15.0 Å². The number of nitro groups is 1. The average molecular weight is 386 g/mol. The molecule has 1 unspecified atom stereocenters. The topological polar surface area (TPSA) is 129 Å². The predicted octanol–water partition coefficient (Wildman–Crippen LogP) is 3.58. The lowest BCUT2D eigenvalue weighted by Gasteiger charge is -2.12. The second-order valence-corrected chi connectivity index (χ2v) is 6.82. The van der Waals surface area contributed by atoms with Gasteiger partial charge in [0.15, 0.2) is 0 Å². The summed E-state index contributed by atoms with van der Waals surface area (Å²) >= 11 is 1.56. The van der Waals surface area contributed by atoms with E-state index >= 15 is 0 Å². The normalized spacial score (nSPS) is 11.8. The molecule has 0 amide bonds.